The third kappa shape index (κ3) is 3.94. The van der Waals surface area contributed by atoms with Crippen molar-refractivity contribution in [1.29, 1.82) is 0 Å². The van der Waals surface area contributed by atoms with Gasteiger partial charge in [0, 0.05) is 38.4 Å². The molecule has 0 aliphatic heterocycles. The normalized spacial score (nSPS) is 10.8. The van der Waals surface area contributed by atoms with Crippen molar-refractivity contribution in [2.45, 2.75) is 19.9 Å². The molecule has 0 fully saturated rings. The lowest BCUT2D eigenvalue weighted by Crippen LogP contribution is -2.28. The second-order valence-corrected chi connectivity index (χ2v) is 3.41. The van der Waals surface area contributed by atoms with E-state index >= 15 is 0 Å². The number of aromatic nitrogens is 2. The van der Waals surface area contributed by atoms with Crippen LogP contribution in [0.25, 0.3) is 0 Å². The SMILES string of the molecule is CC(C)NCCNc1ccn(C)n1. The third-order valence-corrected chi connectivity index (χ3v) is 1.70. The van der Waals surface area contributed by atoms with Gasteiger partial charge in [0.25, 0.3) is 0 Å². The lowest BCUT2D eigenvalue weighted by Gasteiger charge is -2.07. The van der Waals surface area contributed by atoms with Crippen LogP contribution in [0, 0.1) is 0 Å². The first-order valence-electron chi connectivity index (χ1n) is 4.65. The quantitative estimate of drug-likeness (QED) is 0.663. The lowest BCUT2D eigenvalue weighted by molar-refractivity contribution is 0.601. The maximum atomic E-state index is 4.21. The summed E-state index contributed by atoms with van der Waals surface area (Å²) in [6.45, 7) is 6.16. The Bertz CT molecular complexity index is 242. The summed E-state index contributed by atoms with van der Waals surface area (Å²) in [6.07, 6.45) is 1.93. The first-order valence-corrected chi connectivity index (χ1v) is 4.65. The number of aryl methyl sites for hydroxylation is 1. The molecule has 0 saturated heterocycles. The van der Waals surface area contributed by atoms with E-state index in [2.05, 4.69) is 29.6 Å². The minimum absolute atomic E-state index is 0.547. The summed E-state index contributed by atoms with van der Waals surface area (Å²) in [6, 6.07) is 2.51. The maximum absolute atomic E-state index is 4.21. The van der Waals surface area contributed by atoms with Crippen molar-refractivity contribution >= 4 is 5.82 Å². The minimum atomic E-state index is 0.547. The molecule has 0 aliphatic rings. The molecule has 4 heteroatoms. The maximum Gasteiger partial charge on any atom is 0.148 e. The summed E-state index contributed by atoms with van der Waals surface area (Å²) in [5, 5.41) is 10.8. The molecule has 0 aliphatic carbocycles. The lowest BCUT2D eigenvalue weighted by atomic mass is 10.4. The number of rotatable bonds is 5. The Kier molecular flexibility index (Phi) is 3.76. The monoisotopic (exact) mass is 182 g/mol. The van der Waals surface area contributed by atoms with Crippen molar-refractivity contribution in [3.63, 3.8) is 0 Å². The average molecular weight is 182 g/mol. The van der Waals surface area contributed by atoms with Crippen molar-refractivity contribution in [3.05, 3.63) is 12.3 Å². The molecule has 0 spiro atoms. The van der Waals surface area contributed by atoms with E-state index in [0.29, 0.717) is 6.04 Å². The van der Waals surface area contributed by atoms with Gasteiger partial charge in [-0.15, -0.1) is 0 Å². The van der Waals surface area contributed by atoms with Gasteiger partial charge in [-0.05, 0) is 0 Å². The number of hydrogen-bond acceptors (Lipinski definition) is 3. The fourth-order valence-electron chi connectivity index (χ4n) is 1.06. The summed E-state index contributed by atoms with van der Waals surface area (Å²) in [5.74, 6) is 0.938. The molecule has 13 heavy (non-hydrogen) atoms. The Hall–Kier alpha value is -1.03. The molecule has 0 atom stereocenters. The zero-order chi connectivity index (χ0) is 9.68. The molecule has 0 aromatic carbocycles. The molecule has 2 N–H and O–H groups in total. The van der Waals surface area contributed by atoms with Crippen LogP contribution in [0.15, 0.2) is 12.3 Å². The number of anilines is 1. The van der Waals surface area contributed by atoms with Crippen molar-refractivity contribution < 1.29 is 0 Å². The molecule has 0 amide bonds. The highest BCUT2D eigenvalue weighted by Gasteiger charge is 1.94. The van der Waals surface area contributed by atoms with Gasteiger partial charge < -0.3 is 10.6 Å². The second kappa shape index (κ2) is 4.87. The molecular formula is C9H18N4. The molecule has 1 rings (SSSR count). The second-order valence-electron chi connectivity index (χ2n) is 3.41. The zero-order valence-corrected chi connectivity index (χ0v) is 8.54. The van der Waals surface area contributed by atoms with Gasteiger partial charge in [0.2, 0.25) is 0 Å². The zero-order valence-electron chi connectivity index (χ0n) is 8.54. The van der Waals surface area contributed by atoms with Crippen LogP contribution >= 0.6 is 0 Å². The predicted octanol–water partition coefficient (Wildman–Crippen LogP) is 0.830. The van der Waals surface area contributed by atoms with E-state index in [1.165, 1.54) is 0 Å². The number of nitrogens with zero attached hydrogens (tertiary/aromatic N) is 2. The van der Waals surface area contributed by atoms with Crippen LogP contribution in [0.4, 0.5) is 5.82 Å². The van der Waals surface area contributed by atoms with Crippen LogP contribution in [-0.2, 0) is 7.05 Å². The van der Waals surface area contributed by atoms with E-state index in [1.54, 1.807) is 4.68 Å². The Morgan fingerprint density at radius 2 is 2.23 bits per heavy atom. The molecule has 0 bridgehead atoms. The molecule has 1 heterocycles. The van der Waals surface area contributed by atoms with Crippen LogP contribution in [-0.4, -0.2) is 28.9 Å². The van der Waals surface area contributed by atoms with Crippen LogP contribution in [0.1, 0.15) is 13.8 Å². The molecular weight excluding hydrogens is 164 g/mol. The summed E-state index contributed by atoms with van der Waals surface area (Å²) < 4.78 is 1.79. The molecule has 0 unspecified atom stereocenters. The Labute approximate surface area is 79.3 Å². The topological polar surface area (TPSA) is 41.9 Å². The van der Waals surface area contributed by atoms with Crippen molar-refractivity contribution in [2.75, 3.05) is 18.4 Å². The van der Waals surface area contributed by atoms with E-state index in [9.17, 15) is 0 Å². The molecule has 0 saturated carbocycles. The number of hydrogen-bond donors (Lipinski definition) is 2. The van der Waals surface area contributed by atoms with Gasteiger partial charge in [-0.25, -0.2) is 0 Å². The van der Waals surface area contributed by atoms with Crippen molar-refractivity contribution in [1.82, 2.24) is 15.1 Å². The first kappa shape index (κ1) is 10.1. The van der Waals surface area contributed by atoms with Gasteiger partial charge >= 0.3 is 0 Å². The standard InChI is InChI=1S/C9H18N4/c1-8(2)10-5-6-11-9-4-7-13(3)12-9/h4,7-8,10H,5-6H2,1-3H3,(H,11,12). The highest BCUT2D eigenvalue weighted by atomic mass is 15.3. The van der Waals surface area contributed by atoms with E-state index in [4.69, 9.17) is 0 Å². The molecule has 1 aromatic heterocycles. The van der Waals surface area contributed by atoms with Gasteiger partial charge in [-0.2, -0.15) is 5.10 Å². The average Bonchev–Trinajstić information content (AvgIpc) is 2.45. The van der Waals surface area contributed by atoms with Crippen molar-refractivity contribution in [2.24, 2.45) is 7.05 Å². The van der Waals surface area contributed by atoms with E-state index < -0.39 is 0 Å². The minimum Gasteiger partial charge on any atom is -0.367 e. The summed E-state index contributed by atoms with van der Waals surface area (Å²) >= 11 is 0. The van der Waals surface area contributed by atoms with Gasteiger partial charge in [0.15, 0.2) is 0 Å². The fraction of sp³-hybridized carbons (Fsp3) is 0.667. The van der Waals surface area contributed by atoms with E-state index in [-0.39, 0.29) is 0 Å². The predicted molar refractivity (Wildman–Crippen MR) is 54.8 cm³/mol. The number of nitrogens with one attached hydrogen (secondary N) is 2. The Morgan fingerprint density at radius 1 is 1.46 bits per heavy atom. The van der Waals surface area contributed by atoms with Gasteiger partial charge in [0.05, 0.1) is 0 Å². The summed E-state index contributed by atoms with van der Waals surface area (Å²) in [7, 11) is 1.91. The highest BCUT2D eigenvalue weighted by Crippen LogP contribution is 1.98. The van der Waals surface area contributed by atoms with Crippen LogP contribution < -0.4 is 10.6 Å². The van der Waals surface area contributed by atoms with Crippen molar-refractivity contribution in [3.8, 4) is 0 Å². The largest absolute Gasteiger partial charge is 0.367 e. The van der Waals surface area contributed by atoms with Gasteiger partial charge in [0.1, 0.15) is 5.82 Å². The Morgan fingerprint density at radius 3 is 2.77 bits per heavy atom. The Balaban J connectivity index is 2.13. The van der Waals surface area contributed by atoms with E-state index in [1.807, 2.05) is 19.3 Å². The van der Waals surface area contributed by atoms with Crippen LogP contribution in [0.5, 0.6) is 0 Å². The first-order chi connectivity index (χ1) is 6.18. The smallest absolute Gasteiger partial charge is 0.148 e. The highest BCUT2D eigenvalue weighted by molar-refractivity contribution is 5.31. The van der Waals surface area contributed by atoms with Gasteiger partial charge in [-0.1, -0.05) is 13.8 Å². The molecule has 0 radical (unpaired) electrons. The third-order valence-electron chi connectivity index (χ3n) is 1.70. The van der Waals surface area contributed by atoms with Crippen LogP contribution in [0.2, 0.25) is 0 Å². The van der Waals surface area contributed by atoms with Gasteiger partial charge in [-0.3, -0.25) is 4.68 Å². The molecule has 4 nitrogen and oxygen atoms in total. The van der Waals surface area contributed by atoms with E-state index in [0.717, 1.165) is 18.9 Å². The fourth-order valence-corrected chi connectivity index (χ4v) is 1.06. The summed E-state index contributed by atoms with van der Waals surface area (Å²) in [4.78, 5) is 0. The summed E-state index contributed by atoms with van der Waals surface area (Å²) in [5.41, 5.74) is 0. The molecule has 1 aromatic rings. The molecule has 74 valence electrons. The van der Waals surface area contributed by atoms with Crippen LogP contribution in [0.3, 0.4) is 0 Å².